The monoisotopic (exact) mass is 167 g/mol. The molecule has 0 aliphatic rings. The fraction of sp³-hybridized carbons (Fsp3) is 0.500. The zero-order chi connectivity index (χ0) is 8.97. The van der Waals surface area contributed by atoms with Crippen LogP contribution in [-0.2, 0) is 0 Å². The first-order valence-corrected chi connectivity index (χ1v) is 3.85. The van der Waals surface area contributed by atoms with Crippen molar-refractivity contribution in [3.63, 3.8) is 0 Å². The number of nitrogens with zero attached hydrogens (tertiary/aromatic N) is 3. The molecule has 0 saturated carbocycles. The van der Waals surface area contributed by atoms with Gasteiger partial charge < -0.3 is 9.64 Å². The maximum Gasteiger partial charge on any atom is 0.233 e. The molecular weight excluding hydrogens is 154 g/mol. The van der Waals surface area contributed by atoms with Crippen molar-refractivity contribution in [2.24, 2.45) is 0 Å². The lowest BCUT2D eigenvalue weighted by Gasteiger charge is -2.14. The Hall–Kier alpha value is -1.32. The Morgan fingerprint density at radius 1 is 1.50 bits per heavy atom. The summed E-state index contributed by atoms with van der Waals surface area (Å²) in [7, 11) is 3.54. The highest BCUT2D eigenvalue weighted by Gasteiger charge is 2.01. The van der Waals surface area contributed by atoms with Gasteiger partial charge in [0, 0.05) is 13.6 Å². The highest BCUT2D eigenvalue weighted by Crippen LogP contribution is 2.10. The molecule has 0 spiro atoms. The smallest absolute Gasteiger partial charge is 0.233 e. The van der Waals surface area contributed by atoms with Gasteiger partial charge in [-0.05, 0) is 6.92 Å². The molecule has 1 aromatic rings. The van der Waals surface area contributed by atoms with E-state index in [9.17, 15) is 0 Å². The largest absolute Gasteiger partial charge is 0.480 e. The van der Waals surface area contributed by atoms with Crippen molar-refractivity contribution in [2.45, 2.75) is 6.92 Å². The SMILES string of the molecule is CCN(C)c1cncc(OC)n1. The van der Waals surface area contributed by atoms with Crippen molar-refractivity contribution in [3.8, 4) is 5.88 Å². The van der Waals surface area contributed by atoms with Crippen LogP contribution in [0.3, 0.4) is 0 Å². The van der Waals surface area contributed by atoms with E-state index >= 15 is 0 Å². The molecule has 1 heterocycles. The quantitative estimate of drug-likeness (QED) is 0.671. The predicted molar refractivity (Wildman–Crippen MR) is 47.5 cm³/mol. The highest BCUT2D eigenvalue weighted by molar-refractivity contribution is 5.35. The summed E-state index contributed by atoms with van der Waals surface area (Å²) in [6.45, 7) is 2.96. The summed E-state index contributed by atoms with van der Waals surface area (Å²) in [6, 6.07) is 0. The molecule has 4 nitrogen and oxygen atoms in total. The number of methoxy groups -OCH3 is 1. The van der Waals surface area contributed by atoms with Gasteiger partial charge in [0.15, 0.2) is 5.82 Å². The number of anilines is 1. The van der Waals surface area contributed by atoms with Gasteiger partial charge >= 0.3 is 0 Å². The summed E-state index contributed by atoms with van der Waals surface area (Å²) in [5, 5.41) is 0. The molecule has 0 unspecified atom stereocenters. The van der Waals surface area contributed by atoms with Crippen molar-refractivity contribution in [2.75, 3.05) is 25.6 Å². The molecule has 0 bridgehead atoms. The Morgan fingerprint density at radius 2 is 2.25 bits per heavy atom. The third-order valence-electron chi connectivity index (χ3n) is 1.67. The van der Waals surface area contributed by atoms with Crippen LogP contribution in [0.15, 0.2) is 12.4 Å². The normalized spacial score (nSPS) is 9.58. The minimum Gasteiger partial charge on any atom is -0.480 e. The predicted octanol–water partition coefficient (Wildman–Crippen LogP) is 0.941. The molecule has 12 heavy (non-hydrogen) atoms. The fourth-order valence-corrected chi connectivity index (χ4v) is 0.783. The fourth-order valence-electron chi connectivity index (χ4n) is 0.783. The van der Waals surface area contributed by atoms with Crippen LogP contribution in [0.25, 0.3) is 0 Å². The standard InChI is InChI=1S/C8H13N3O/c1-4-11(2)7-5-9-6-8(10-7)12-3/h5-6H,4H2,1-3H3. The van der Waals surface area contributed by atoms with E-state index in [1.807, 2.05) is 11.9 Å². The van der Waals surface area contributed by atoms with E-state index in [1.54, 1.807) is 19.5 Å². The first kappa shape index (κ1) is 8.77. The van der Waals surface area contributed by atoms with Crippen molar-refractivity contribution >= 4 is 5.82 Å². The number of hydrogen-bond acceptors (Lipinski definition) is 4. The van der Waals surface area contributed by atoms with Gasteiger partial charge in [-0.15, -0.1) is 0 Å². The number of aromatic nitrogens is 2. The molecule has 0 radical (unpaired) electrons. The number of ether oxygens (including phenoxy) is 1. The Kier molecular flexibility index (Phi) is 2.85. The summed E-state index contributed by atoms with van der Waals surface area (Å²) in [5.41, 5.74) is 0. The zero-order valence-corrected chi connectivity index (χ0v) is 7.61. The van der Waals surface area contributed by atoms with Crippen LogP contribution in [0, 0.1) is 0 Å². The lowest BCUT2D eigenvalue weighted by atomic mass is 10.5. The lowest BCUT2D eigenvalue weighted by Crippen LogP contribution is -2.17. The molecule has 0 aliphatic heterocycles. The molecule has 0 amide bonds. The third-order valence-corrected chi connectivity index (χ3v) is 1.67. The van der Waals surface area contributed by atoms with E-state index in [0.29, 0.717) is 5.88 Å². The van der Waals surface area contributed by atoms with E-state index < -0.39 is 0 Å². The van der Waals surface area contributed by atoms with Gasteiger partial charge in [0.2, 0.25) is 5.88 Å². The summed E-state index contributed by atoms with van der Waals surface area (Å²) < 4.78 is 4.95. The Bertz CT molecular complexity index is 252. The van der Waals surface area contributed by atoms with Gasteiger partial charge in [0.05, 0.1) is 19.5 Å². The summed E-state index contributed by atoms with van der Waals surface area (Å²) in [5.74, 6) is 1.38. The Labute approximate surface area is 72.2 Å². The second-order valence-corrected chi connectivity index (χ2v) is 2.43. The van der Waals surface area contributed by atoms with Gasteiger partial charge in [-0.1, -0.05) is 0 Å². The lowest BCUT2D eigenvalue weighted by molar-refractivity contribution is 0.396. The molecule has 0 saturated heterocycles. The first-order valence-electron chi connectivity index (χ1n) is 3.85. The van der Waals surface area contributed by atoms with Crippen LogP contribution in [-0.4, -0.2) is 30.7 Å². The van der Waals surface area contributed by atoms with Crippen LogP contribution in [0.1, 0.15) is 6.92 Å². The minimum atomic E-state index is 0.549. The molecule has 0 aromatic carbocycles. The van der Waals surface area contributed by atoms with Crippen LogP contribution >= 0.6 is 0 Å². The molecule has 0 atom stereocenters. The molecular formula is C8H13N3O. The second kappa shape index (κ2) is 3.90. The minimum absolute atomic E-state index is 0.549. The highest BCUT2D eigenvalue weighted by atomic mass is 16.5. The topological polar surface area (TPSA) is 38.2 Å². The van der Waals surface area contributed by atoms with E-state index in [4.69, 9.17) is 4.74 Å². The molecule has 0 N–H and O–H groups in total. The molecule has 66 valence electrons. The average molecular weight is 167 g/mol. The van der Waals surface area contributed by atoms with Gasteiger partial charge in [-0.25, -0.2) is 0 Å². The van der Waals surface area contributed by atoms with Crippen molar-refractivity contribution in [3.05, 3.63) is 12.4 Å². The molecule has 0 aliphatic carbocycles. The van der Waals surface area contributed by atoms with E-state index in [0.717, 1.165) is 12.4 Å². The van der Waals surface area contributed by atoms with Gasteiger partial charge in [-0.3, -0.25) is 4.98 Å². The van der Waals surface area contributed by atoms with E-state index in [2.05, 4.69) is 16.9 Å². The Morgan fingerprint density at radius 3 is 2.83 bits per heavy atom. The summed E-state index contributed by atoms with van der Waals surface area (Å²) in [4.78, 5) is 10.2. The molecule has 0 fully saturated rings. The number of hydrogen-bond donors (Lipinski definition) is 0. The van der Waals surface area contributed by atoms with Crippen LogP contribution in [0.2, 0.25) is 0 Å². The third kappa shape index (κ3) is 1.84. The maximum absolute atomic E-state index is 4.95. The summed E-state index contributed by atoms with van der Waals surface area (Å²) in [6.07, 6.45) is 3.30. The average Bonchev–Trinajstić information content (AvgIpc) is 2.17. The van der Waals surface area contributed by atoms with E-state index in [-0.39, 0.29) is 0 Å². The molecule has 1 aromatic heterocycles. The number of rotatable bonds is 3. The first-order chi connectivity index (χ1) is 5.77. The van der Waals surface area contributed by atoms with E-state index in [1.165, 1.54) is 0 Å². The zero-order valence-electron chi connectivity index (χ0n) is 7.61. The van der Waals surface area contributed by atoms with Crippen LogP contribution < -0.4 is 9.64 Å². The molecule has 1 rings (SSSR count). The van der Waals surface area contributed by atoms with Crippen molar-refractivity contribution in [1.82, 2.24) is 9.97 Å². The van der Waals surface area contributed by atoms with Gasteiger partial charge in [0.25, 0.3) is 0 Å². The Balaban J connectivity index is 2.86. The van der Waals surface area contributed by atoms with Crippen molar-refractivity contribution < 1.29 is 4.74 Å². The summed E-state index contributed by atoms with van der Waals surface area (Å²) >= 11 is 0. The maximum atomic E-state index is 4.95. The van der Waals surface area contributed by atoms with Gasteiger partial charge in [-0.2, -0.15) is 4.98 Å². The van der Waals surface area contributed by atoms with Crippen molar-refractivity contribution in [1.29, 1.82) is 0 Å². The molecule has 4 heteroatoms. The van der Waals surface area contributed by atoms with Crippen LogP contribution in [0.5, 0.6) is 5.88 Å². The van der Waals surface area contributed by atoms with Gasteiger partial charge in [0.1, 0.15) is 0 Å². The second-order valence-electron chi connectivity index (χ2n) is 2.43. The van der Waals surface area contributed by atoms with Crippen LogP contribution in [0.4, 0.5) is 5.82 Å².